The van der Waals surface area contributed by atoms with E-state index in [-0.39, 0.29) is 5.91 Å². The summed E-state index contributed by atoms with van der Waals surface area (Å²) in [7, 11) is 1.73. The van der Waals surface area contributed by atoms with Crippen molar-refractivity contribution in [2.45, 2.75) is 39.3 Å². The summed E-state index contributed by atoms with van der Waals surface area (Å²) in [6.45, 7) is 9.67. The first-order chi connectivity index (χ1) is 11.6. The fourth-order valence-corrected chi connectivity index (χ4v) is 3.46. The molecule has 0 radical (unpaired) electrons. The normalized spacial score (nSPS) is 22.7. The number of ether oxygens (including phenoxy) is 1. The first kappa shape index (κ1) is 18.7. The Labute approximate surface area is 146 Å². The molecule has 132 valence electrons. The zero-order valence-electron chi connectivity index (χ0n) is 15.4. The van der Waals surface area contributed by atoms with Gasteiger partial charge in [-0.1, -0.05) is 37.3 Å². The van der Waals surface area contributed by atoms with Crippen molar-refractivity contribution in [1.82, 2.24) is 9.80 Å². The largest absolute Gasteiger partial charge is 0.383 e. The predicted octanol–water partition coefficient (Wildman–Crippen LogP) is 3.05. The van der Waals surface area contributed by atoms with Crippen LogP contribution in [0, 0.1) is 0 Å². The maximum Gasteiger partial charge on any atom is 0.246 e. The topological polar surface area (TPSA) is 32.8 Å². The Bertz CT molecular complexity index is 544. The number of methoxy groups -OCH3 is 1. The van der Waals surface area contributed by atoms with Crippen molar-refractivity contribution in [2.75, 3.05) is 33.4 Å². The summed E-state index contributed by atoms with van der Waals surface area (Å²) in [5, 5.41) is 0. The number of benzene rings is 1. The van der Waals surface area contributed by atoms with E-state index in [0.717, 1.165) is 43.8 Å². The van der Waals surface area contributed by atoms with E-state index < -0.39 is 0 Å². The number of hydrogen-bond donors (Lipinski definition) is 0. The van der Waals surface area contributed by atoms with Crippen LogP contribution >= 0.6 is 0 Å². The average Bonchev–Trinajstić information content (AvgIpc) is 2.59. The summed E-state index contributed by atoms with van der Waals surface area (Å²) in [5.74, 6) is 0.126. The molecule has 0 spiro atoms. The van der Waals surface area contributed by atoms with Gasteiger partial charge in [0.15, 0.2) is 0 Å². The van der Waals surface area contributed by atoms with Gasteiger partial charge in [-0.2, -0.15) is 0 Å². The molecule has 0 saturated carbocycles. The Morgan fingerprint density at radius 2 is 1.83 bits per heavy atom. The van der Waals surface area contributed by atoms with Crippen molar-refractivity contribution >= 4 is 11.5 Å². The second kappa shape index (κ2) is 9.00. The highest BCUT2D eigenvalue weighted by atomic mass is 16.5. The zero-order valence-corrected chi connectivity index (χ0v) is 15.4. The Balaban J connectivity index is 2.06. The van der Waals surface area contributed by atoms with Crippen LogP contribution in [0.3, 0.4) is 0 Å². The van der Waals surface area contributed by atoms with Crippen LogP contribution in [0.5, 0.6) is 0 Å². The standard InChI is InChI=1S/C20H30N2O2/c1-5-18(19-9-7-6-8-10-19)13-20(23)21-14-16(2)22(11-12-24-4)17(3)15-21/h6-10,13,16-17H,5,11-12,14-15H2,1-4H3/b18-13+. The van der Waals surface area contributed by atoms with E-state index in [0.29, 0.717) is 12.1 Å². The van der Waals surface area contributed by atoms with Crippen molar-refractivity contribution in [2.24, 2.45) is 0 Å². The molecular formula is C20H30N2O2. The van der Waals surface area contributed by atoms with E-state index in [1.165, 1.54) is 0 Å². The van der Waals surface area contributed by atoms with Gasteiger partial charge in [0.05, 0.1) is 6.61 Å². The Morgan fingerprint density at radius 1 is 1.21 bits per heavy atom. The highest BCUT2D eigenvalue weighted by molar-refractivity contribution is 5.95. The minimum atomic E-state index is 0.126. The summed E-state index contributed by atoms with van der Waals surface area (Å²) >= 11 is 0. The minimum absolute atomic E-state index is 0.126. The molecule has 1 aliphatic rings. The van der Waals surface area contributed by atoms with E-state index >= 15 is 0 Å². The number of piperazine rings is 1. The van der Waals surface area contributed by atoms with Gasteiger partial charge in [0.1, 0.15) is 0 Å². The minimum Gasteiger partial charge on any atom is -0.383 e. The smallest absolute Gasteiger partial charge is 0.246 e. The number of carbonyl (C=O) groups is 1. The third-order valence-electron chi connectivity index (χ3n) is 4.79. The lowest BCUT2D eigenvalue weighted by Crippen LogP contribution is -2.58. The average molecular weight is 330 g/mol. The Kier molecular flexibility index (Phi) is 7.00. The Morgan fingerprint density at radius 3 is 2.38 bits per heavy atom. The third-order valence-corrected chi connectivity index (χ3v) is 4.79. The number of carbonyl (C=O) groups excluding carboxylic acids is 1. The maximum absolute atomic E-state index is 12.8. The molecule has 1 aromatic carbocycles. The van der Waals surface area contributed by atoms with Crippen molar-refractivity contribution in [3.05, 3.63) is 42.0 Å². The van der Waals surface area contributed by atoms with Gasteiger partial charge in [-0.25, -0.2) is 0 Å². The number of allylic oxidation sites excluding steroid dienone is 1. The van der Waals surface area contributed by atoms with Crippen molar-refractivity contribution in [3.63, 3.8) is 0 Å². The van der Waals surface area contributed by atoms with Crippen LogP contribution in [0.25, 0.3) is 5.57 Å². The highest BCUT2D eigenvalue weighted by Crippen LogP contribution is 2.20. The SMILES string of the molecule is CC/C(=C\C(=O)N1CC(C)N(CCOC)C(C)C1)c1ccccc1. The second-order valence-electron chi connectivity index (χ2n) is 6.56. The quantitative estimate of drug-likeness (QED) is 0.752. The highest BCUT2D eigenvalue weighted by Gasteiger charge is 2.30. The first-order valence-electron chi connectivity index (χ1n) is 8.86. The molecule has 4 nitrogen and oxygen atoms in total. The number of hydrogen-bond acceptors (Lipinski definition) is 3. The van der Waals surface area contributed by atoms with Gasteiger partial charge in [0.2, 0.25) is 5.91 Å². The first-order valence-corrected chi connectivity index (χ1v) is 8.86. The van der Waals surface area contributed by atoms with Crippen molar-refractivity contribution in [1.29, 1.82) is 0 Å². The molecule has 24 heavy (non-hydrogen) atoms. The summed E-state index contributed by atoms with van der Waals surface area (Å²) in [6, 6.07) is 10.9. The molecule has 2 atom stereocenters. The number of rotatable bonds is 6. The molecule has 4 heteroatoms. The Hall–Kier alpha value is -1.65. The lowest BCUT2D eigenvalue weighted by molar-refractivity contribution is -0.130. The van der Waals surface area contributed by atoms with E-state index in [1.807, 2.05) is 29.2 Å². The molecular weight excluding hydrogens is 300 g/mol. The summed E-state index contributed by atoms with van der Waals surface area (Å²) < 4.78 is 5.20. The van der Waals surface area contributed by atoms with Gasteiger partial charge in [-0.3, -0.25) is 9.69 Å². The third kappa shape index (κ3) is 4.68. The van der Waals surface area contributed by atoms with E-state index in [2.05, 4.69) is 37.8 Å². The molecule has 1 saturated heterocycles. The van der Waals surface area contributed by atoms with E-state index in [4.69, 9.17) is 4.74 Å². The zero-order chi connectivity index (χ0) is 17.5. The maximum atomic E-state index is 12.8. The fraction of sp³-hybridized carbons (Fsp3) is 0.550. The van der Waals surface area contributed by atoms with Crippen molar-refractivity contribution < 1.29 is 9.53 Å². The monoisotopic (exact) mass is 330 g/mol. The number of amides is 1. The van der Waals surface area contributed by atoms with Gasteiger partial charge in [-0.15, -0.1) is 0 Å². The molecule has 1 fully saturated rings. The van der Waals surface area contributed by atoms with Crippen LogP contribution in [-0.4, -0.2) is 61.1 Å². The molecule has 0 N–H and O–H groups in total. The molecule has 0 bridgehead atoms. The van der Waals surface area contributed by atoms with Crippen LogP contribution < -0.4 is 0 Å². The van der Waals surface area contributed by atoms with Crippen LogP contribution in [-0.2, 0) is 9.53 Å². The van der Waals surface area contributed by atoms with Gasteiger partial charge in [-0.05, 0) is 31.4 Å². The van der Waals surface area contributed by atoms with Gasteiger partial charge in [0, 0.05) is 44.9 Å². The van der Waals surface area contributed by atoms with E-state index in [1.54, 1.807) is 7.11 Å². The molecule has 1 heterocycles. The molecule has 0 aromatic heterocycles. The molecule has 0 aliphatic carbocycles. The van der Waals surface area contributed by atoms with Gasteiger partial charge >= 0.3 is 0 Å². The van der Waals surface area contributed by atoms with E-state index in [9.17, 15) is 4.79 Å². The summed E-state index contributed by atoms with van der Waals surface area (Å²) in [5.41, 5.74) is 2.23. The van der Waals surface area contributed by atoms with Gasteiger partial charge in [0.25, 0.3) is 0 Å². The lowest BCUT2D eigenvalue weighted by atomic mass is 10.0. The van der Waals surface area contributed by atoms with Crippen LogP contribution in [0.4, 0.5) is 0 Å². The molecule has 2 rings (SSSR count). The van der Waals surface area contributed by atoms with Gasteiger partial charge < -0.3 is 9.64 Å². The summed E-state index contributed by atoms with van der Waals surface area (Å²) in [6.07, 6.45) is 2.67. The molecule has 1 aliphatic heterocycles. The second-order valence-corrected chi connectivity index (χ2v) is 6.56. The van der Waals surface area contributed by atoms with Crippen LogP contribution in [0.15, 0.2) is 36.4 Å². The van der Waals surface area contributed by atoms with Crippen LogP contribution in [0.2, 0.25) is 0 Å². The molecule has 1 aromatic rings. The molecule has 1 amide bonds. The van der Waals surface area contributed by atoms with Crippen LogP contribution in [0.1, 0.15) is 32.8 Å². The fourth-order valence-electron chi connectivity index (χ4n) is 3.46. The number of nitrogens with zero attached hydrogens (tertiary/aromatic N) is 2. The summed E-state index contributed by atoms with van der Waals surface area (Å²) in [4.78, 5) is 17.2. The predicted molar refractivity (Wildman–Crippen MR) is 98.8 cm³/mol. The molecule has 2 unspecified atom stereocenters. The lowest BCUT2D eigenvalue weighted by Gasteiger charge is -2.44. The van der Waals surface area contributed by atoms with Crippen molar-refractivity contribution in [3.8, 4) is 0 Å².